The lowest BCUT2D eigenvalue weighted by Gasteiger charge is -2.35. The van der Waals surface area contributed by atoms with E-state index in [2.05, 4.69) is 44.3 Å². The van der Waals surface area contributed by atoms with Crippen molar-refractivity contribution in [1.82, 2.24) is 0 Å². The summed E-state index contributed by atoms with van der Waals surface area (Å²) >= 11 is 0. The van der Waals surface area contributed by atoms with Crippen LogP contribution >= 0.6 is 0 Å². The average Bonchev–Trinajstić information content (AvgIpc) is 2.92. The zero-order chi connectivity index (χ0) is 16.9. The number of hydrogen-bond donors (Lipinski definition) is 0. The number of methoxy groups -OCH3 is 1. The van der Waals surface area contributed by atoms with Gasteiger partial charge in [-0.25, -0.2) is 0 Å². The maximum absolute atomic E-state index is 11.9. The summed E-state index contributed by atoms with van der Waals surface area (Å²) < 4.78 is 11.7. The predicted molar refractivity (Wildman–Crippen MR) is 96.9 cm³/mol. The summed E-state index contributed by atoms with van der Waals surface area (Å²) in [7, 11) is -0.133. The summed E-state index contributed by atoms with van der Waals surface area (Å²) in [5.74, 6) is -0.0106. The van der Waals surface area contributed by atoms with Crippen molar-refractivity contribution in [2.45, 2.75) is 57.0 Å². The summed E-state index contributed by atoms with van der Waals surface area (Å²) in [6, 6.07) is 10.6. The highest BCUT2D eigenvalue weighted by molar-refractivity contribution is 6.91. The Hall–Kier alpha value is -0.973. The van der Waals surface area contributed by atoms with E-state index < -0.39 is 8.07 Å². The van der Waals surface area contributed by atoms with Gasteiger partial charge in [0, 0.05) is 13.0 Å². The molecule has 0 spiro atoms. The zero-order valence-corrected chi connectivity index (χ0v) is 15.8. The van der Waals surface area contributed by atoms with E-state index in [0.717, 1.165) is 25.5 Å². The van der Waals surface area contributed by atoms with Gasteiger partial charge in [0.15, 0.2) is 0 Å². The fourth-order valence-electron chi connectivity index (χ4n) is 4.03. The third-order valence-corrected chi connectivity index (χ3v) is 9.52. The van der Waals surface area contributed by atoms with Gasteiger partial charge in [-0.15, -0.1) is 0 Å². The van der Waals surface area contributed by atoms with Crippen LogP contribution in [-0.2, 0) is 14.3 Å². The monoisotopic (exact) mass is 334 g/mol. The Balaban J connectivity index is 2.32. The molecule has 1 aromatic carbocycles. The molecule has 0 aromatic heterocycles. The fourth-order valence-corrected chi connectivity index (χ4v) is 7.83. The lowest BCUT2D eigenvalue weighted by Crippen LogP contribution is -2.51. The number of carbonyl (C=O) groups excluding carboxylic acids is 1. The fraction of sp³-hybridized carbons (Fsp3) is 0.632. The van der Waals surface area contributed by atoms with Crippen LogP contribution in [0.4, 0.5) is 0 Å². The van der Waals surface area contributed by atoms with Gasteiger partial charge >= 0.3 is 0 Å². The van der Waals surface area contributed by atoms with Gasteiger partial charge in [-0.3, -0.25) is 0 Å². The SMILES string of the molecule is CCCC[C@H]1O[C@H](COC)[C@H]([Si](C)(C)c2ccccc2)[C@H]1C=O. The minimum Gasteiger partial charge on any atom is -0.382 e. The van der Waals surface area contributed by atoms with Crippen LogP contribution in [0.25, 0.3) is 0 Å². The molecule has 0 aliphatic carbocycles. The van der Waals surface area contributed by atoms with Crippen molar-refractivity contribution in [2.24, 2.45) is 5.92 Å². The molecule has 0 N–H and O–H groups in total. The maximum atomic E-state index is 11.9. The normalized spacial score (nSPS) is 28.0. The molecule has 1 aliphatic rings. The van der Waals surface area contributed by atoms with Gasteiger partial charge in [-0.2, -0.15) is 0 Å². The molecule has 1 aliphatic heterocycles. The molecule has 4 heteroatoms. The molecule has 0 amide bonds. The lowest BCUT2D eigenvalue weighted by atomic mass is 9.96. The highest BCUT2D eigenvalue weighted by atomic mass is 28.3. The van der Waals surface area contributed by atoms with Gasteiger partial charge in [-0.1, -0.05) is 68.4 Å². The first-order valence-corrected chi connectivity index (χ1v) is 11.8. The van der Waals surface area contributed by atoms with Crippen molar-refractivity contribution in [3.63, 3.8) is 0 Å². The predicted octanol–water partition coefficient (Wildman–Crippen LogP) is 3.39. The summed E-state index contributed by atoms with van der Waals surface area (Å²) in [5.41, 5.74) is 0.268. The van der Waals surface area contributed by atoms with E-state index in [9.17, 15) is 4.79 Å². The minimum atomic E-state index is -1.85. The van der Waals surface area contributed by atoms with E-state index in [0.29, 0.717) is 6.61 Å². The Labute approximate surface area is 141 Å². The van der Waals surface area contributed by atoms with Crippen LogP contribution < -0.4 is 5.19 Å². The number of ether oxygens (including phenoxy) is 2. The standard InChI is InChI=1S/C19H30O3Si/c1-5-6-12-17-16(13-20)19(18(22-17)14-21-2)23(3,4)15-10-8-7-9-11-15/h7-11,13,16-19H,5-6,12,14H2,1-4H3/t16-,17+,18+,19+/m0/s1. The lowest BCUT2D eigenvalue weighted by molar-refractivity contribution is -0.112. The third-order valence-electron chi connectivity index (χ3n) is 5.28. The van der Waals surface area contributed by atoms with E-state index in [1.165, 1.54) is 5.19 Å². The molecule has 0 unspecified atom stereocenters. The summed E-state index contributed by atoms with van der Waals surface area (Å²) in [4.78, 5) is 11.9. The second-order valence-electron chi connectivity index (χ2n) is 7.14. The van der Waals surface area contributed by atoms with Crippen LogP contribution in [0.1, 0.15) is 26.2 Å². The average molecular weight is 335 g/mol. The Morgan fingerprint density at radius 3 is 2.48 bits per heavy atom. The smallest absolute Gasteiger partial charge is 0.125 e. The van der Waals surface area contributed by atoms with Crippen LogP contribution in [0.5, 0.6) is 0 Å². The number of carbonyl (C=O) groups is 1. The molecular formula is C19H30O3Si. The second-order valence-corrected chi connectivity index (χ2v) is 11.8. The molecule has 1 fully saturated rings. The number of rotatable bonds is 8. The van der Waals surface area contributed by atoms with Crippen molar-refractivity contribution in [1.29, 1.82) is 0 Å². The molecule has 0 bridgehead atoms. The van der Waals surface area contributed by atoms with Gasteiger partial charge in [-0.05, 0) is 12.0 Å². The molecule has 23 heavy (non-hydrogen) atoms. The van der Waals surface area contributed by atoms with Crippen LogP contribution in [-0.4, -0.2) is 40.3 Å². The quantitative estimate of drug-likeness (QED) is 0.540. The van der Waals surface area contributed by atoms with Crippen LogP contribution in [0, 0.1) is 5.92 Å². The topological polar surface area (TPSA) is 35.5 Å². The summed E-state index contributed by atoms with van der Waals surface area (Å²) in [6.07, 6.45) is 4.43. The zero-order valence-electron chi connectivity index (χ0n) is 14.8. The molecule has 4 atom stereocenters. The summed E-state index contributed by atoms with van der Waals surface area (Å²) in [6.45, 7) is 7.47. The molecule has 0 radical (unpaired) electrons. The largest absolute Gasteiger partial charge is 0.382 e. The number of unbranched alkanes of at least 4 members (excludes halogenated alkanes) is 1. The molecule has 3 nitrogen and oxygen atoms in total. The van der Waals surface area contributed by atoms with Crippen molar-refractivity contribution in [3.05, 3.63) is 30.3 Å². The first kappa shape index (κ1) is 18.4. The van der Waals surface area contributed by atoms with E-state index >= 15 is 0 Å². The van der Waals surface area contributed by atoms with E-state index in [4.69, 9.17) is 9.47 Å². The van der Waals surface area contributed by atoms with Crippen LogP contribution in [0.2, 0.25) is 18.6 Å². The Kier molecular flexibility index (Phi) is 6.57. The molecule has 1 aromatic rings. The van der Waals surface area contributed by atoms with E-state index in [1.54, 1.807) is 7.11 Å². The Bertz CT molecular complexity index is 489. The molecular weight excluding hydrogens is 304 g/mol. The van der Waals surface area contributed by atoms with Gasteiger partial charge in [0.25, 0.3) is 0 Å². The van der Waals surface area contributed by atoms with E-state index in [1.807, 2.05) is 6.07 Å². The minimum absolute atomic E-state index is 0.0106. The highest BCUT2D eigenvalue weighted by Gasteiger charge is 2.52. The van der Waals surface area contributed by atoms with Crippen molar-refractivity contribution >= 4 is 19.5 Å². The number of aldehydes is 1. The van der Waals surface area contributed by atoms with E-state index in [-0.39, 0.29) is 23.7 Å². The number of benzene rings is 1. The van der Waals surface area contributed by atoms with Crippen molar-refractivity contribution < 1.29 is 14.3 Å². The molecule has 1 heterocycles. The molecule has 0 saturated carbocycles. The van der Waals surface area contributed by atoms with Crippen LogP contribution in [0.3, 0.4) is 0 Å². The second kappa shape index (κ2) is 8.22. The number of hydrogen-bond acceptors (Lipinski definition) is 3. The summed E-state index contributed by atoms with van der Waals surface area (Å²) in [5, 5.41) is 1.39. The van der Waals surface area contributed by atoms with Crippen molar-refractivity contribution in [2.75, 3.05) is 13.7 Å². The first-order chi connectivity index (χ1) is 11.1. The van der Waals surface area contributed by atoms with Gasteiger partial charge in [0.1, 0.15) is 6.29 Å². The Morgan fingerprint density at radius 2 is 1.91 bits per heavy atom. The Morgan fingerprint density at radius 1 is 1.22 bits per heavy atom. The third kappa shape index (κ3) is 3.93. The van der Waals surface area contributed by atoms with Crippen molar-refractivity contribution in [3.8, 4) is 0 Å². The van der Waals surface area contributed by atoms with Crippen LogP contribution in [0.15, 0.2) is 30.3 Å². The molecule has 128 valence electrons. The first-order valence-electron chi connectivity index (χ1n) is 8.71. The van der Waals surface area contributed by atoms with Gasteiger partial charge in [0.05, 0.1) is 26.9 Å². The molecule has 2 rings (SSSR count). The van der Waals surface area contributed by atoms with Gasteiger partial charge < -0.3 is 14.3 Å². The van der Waals surface area contributed by atoms with Gasteiger partial charge in [0.2, 0.25) is 0 Å². The highest BCUT2D eigenvalue weighted by Crippen LogP contribution is 2.44. The maximum Gasteiger partial charge on any atom is 0.125 e. The molecule has 1 saturated heterocycles.